The first-order chi connectivity index (χ1) is 12.2. The van der Waals surface area contributed by atoms with E-state index in [1.165, 1.54) is 0 Å². The smallest absolute Gasteiger partial charge is 0.178 e. The van der Waals surface area contributed by atoms with Crippen molar-refractivity contribution in [3.05, 3.63) is 71.9 Å². The number of para-hydroxylation sites is 1. The number of rotatable bonds is 3. The molecule has 0 aliphatic rings. The molecule has 0 bridgehead atoms. The van der Waals surface area contributed by atoms with Crippen LogP contribution >= 0.6 is 11.6 Å². The van der Waals surface area contributed by atoms with E-state index < -0.39 is 0 Å². The molecule has 0 amide bonds. The van der Waals surface area contributed by atoms with Crippen molar-refractivity contribution in [2.75, 3.05) is 7.11 Å². The number of pyridine rings is 1. The van der Waals surface area contributed by atoms with Crippen molar-refractivity contribution in [2.24, 2.45) is 0 Å². The third kappa shape index (κ3) is 3.04. The second kappa shape index (κ2) is 6.49. The van der Waals surface area contributed by atoms with E-state index in [1.807, 2.05) is 60.8 Å². The van der Waals surface area contributed by atoms with Gasteiger partial charge in [0.2, 0.25) is 0 Å². The van der Waals surface area contributed by atoms with E-state index in [0.717, 1.165) is 22.2 Å². The fraction of sp³-hybridized carbons (Fsp3) is 0.0500. The molecule has 0 fully saturated rings. The number of methoxy groups -OCH3 is 1. The lowest BCUT2D eigenvalue weighted by Gasteiger charge is -2.09. The summed E-state index contributed by atoms with van der Waals surface area (Å²) in [6.45, 7) is 0. The van der Waals surface area contributed by atoms with E-state index in [2.05, 4.69) is 9.97 Å². The molecule has 0 N–H and O–H groups in total. The third-order valence-electron chi connectivity index (χ3n) is 3.90. The molecule has 0 spiro atoms. The first-order valence-electron chi connectivity index (χ1n) is 7.78. The van der Waals surface area contributed by atoms with E-state index >= 15 is 0 Å². The summed E-state index contributed by atoms with van der Waals surface area (Å²) in [5, 5.41) is 1.63. The third-order valence-corrected chi connectivity index (χ3v) is 4.14. The number of benzene rings is 2. The Morgan fingerprint density at radius 3 is 2.60 bits per heavy atom. The summed E-state index contributed by atoms with van der Waals surface area (Å²) in [7, 11) is 1.63. The van der Waals surface area contributed by atoms with Gasteiger partial charge >= 0.3 is 0 Å². The fourth-order valence-electron chi connectivity index (χ4n) is 2.69. The van der Waals surface area contributed by atoms with Crippen LogP contribution in [0.3, 0.4) is 0 Å². The maximum Gasteiger partial charge on any atom is 0.178 e. The highest BCUT2D eigenvalue weighted by atomic mass is 35.5. The molecule has 122 valence electrons. The number of hydrogen-bond acceptors (Lipinski definition) is 4. The second-order valence-electron chi connectivity index (χ2n) is 5.51. The number of nitrogens with zero attached hydrogens (tertiary/aromatic N) is 3. The molecule has 0 aliphatic carbocycles. The van der Waals surface area contributed by atoms with Gasteiger partial charge in [0.25, 0.3) is 0 Å². The van der Waals surface area contributed by atoms with Gasteiger partial charge in [0.1, 0.15) is 11.4 Å². The Bertz CT molecular complexity index is 1070. The van der Waals surface area contributed by atoms with Crippen molar-refractivity contribution >= 4 is 22.5 Å². The van der Waals surface area contributed by atoms with Crippen LogP contribution in [-0.4, -0.2) is 22.1 Å². The fourth-order valence-corrected chi connectivity index (χ4v) is 2.86. The molecule has 0 unspecified atom stereocenters. The molecule has 4 rings (SSSR count). The zero-order chi connectivity index (χ0) is 17.2. The van der Waals surface area contributed by atoms with Gasteiger partial charge < -0.3 is 4.74 Å². The van der Waals surface area contributed by atoms with Crippen LogP contribution in [0.15, 0.2) is 66.9 Å². The summed E-state index contributed by atoms with van der Waals surface area (Å²) in [5.74, 6) is 1.30. The molecule has 2 aromatic carbocycles. The minimum absolute atomic E-state index is 0.585. The lowest BCUT2D eigenvalue weighted by Crippen LogP contribution is -1.95. The molecule has 0 saturated carbocycles. The second-order valence-corrected chi connectivity index (χ2v) is 5.94. The van der Waals surface area contributed by atoms with Crippen molar-refractivity contribution in [1.82, 2.24) is 15.0 Å². The standard InChI is InChI=1S/C20H14ClN3O/c1-25-19-10-9-14(21)11-15(19)17-7-4-8-18(23-17)20-22-12-13-5-2-3-6-16(13)24-20/h2-12H,1H3. The Morgan fingerprint density at radius 1 is 0.880 bits per heavy atom. The van der Waals surface area contributed by atoms with E-state index in [4.69, 9.17) is 21.3 Å². The van der Waals surface area contributed by atoms with Gasteiger partial charge in [0.05, 0.1) is 18.3 Å². The first-order valence-corrected chi connectivity index (χ1v) is 8.15. The van der Waals surface area contributed by atoms with Crippen molar-refractivity contribution in [2.45, 2.75) is 0 Å². The van der Waals surface area contributed by atoms with Crippen molar-refractivity contribution in [3.8, 4) is 28.5 Å². The summed E-state index contributed by atoms with van der Waals surface area (Å²) < 4.78 is 5.43. The van der Waals surface area contributed by atoms with Crippen molar-refractivity contribution in [3.63, 3.8) is 0 Å². The van der Waals surface area contributed by atoms with Crippen LogP contribution in [0.1, 0.15) is 0 Å². The molecule has 2 aromatic heterocycles. The van der Waals surface area contributed by atoms with Crippen molar-refractivity contribution in [1.29, 1.82) is 0 Å². The number of hydrogen-bond donors (Lipinski definition) is 0. The first kappa shape index (κ1) is 15.5. The lowest BCUT2D eigenvalue weighted by atomic mass is 10.1. The van der Waals surface area contributed by atoms with E-state index in [9.17, 15) is 0 Å². The molecule has 4 nitrogen and oxygen atoms in total. The van der Waals surface area contributed by atoms with Gasteiger partial charge in [-0.15, -0.1) is 0 Å². The molecular weight excluding hydrogens is 334 g/mol. The maximum atomic E-state index is 6.14. The van der Waals surface area contributed by atoms with Crippen LogP contribution < -0.4 is 4.74 Å². The Balaban J connectivity index is 1.82. The van der Waals surface area contributed by atoms with E-state index in [1.54, 1.807) is 13.2 Å². The van der Waals surface area contributed by atoms with E-state index in [0.29, 0.717) is 22.3 Å². The average Bonchev–Trinajstić information content (AvgIpc) is 2.67. The summed E-state index contributed by atoms with van der Waals surface area (Å²) in [6.07, 6.45) is 1.81. The number of aromatic nitrogens is 3. The summed E-state index contributed by atoms with van der Waals surface area (Å²) in [5.41, 5.74) is 3.18. The molecule has 4 aromatic rings. The number of halogens is 1. The topological polar surface area (TPSA) is 47.9 Å². The van der Waals surface area contributed by atoms with Gasteiger partial charge in [-0.05, 0) is 36.4 Å². The minimum Gasteiger partial charge on any atom is -0.496 e. The van der Waals surface area contributed by atoms with Crippen LogP contribution in [-0.2, 0) is 0 Å². The molecule has 25 heavy (non-hydrogen) atoms. The van der Waals surface area contributed by atoms with Gasteiger partial charge in [-0.2, -0.15) is 0 Å². The van der Waals surface area contributed by atoms with Crippen LogP contribution in [0.2, 0.25) is 5.02 Å². The number of fused-ring (bicyclic) bond motifs is 1. The highest BCUT2D eigenvalue weighted by molar-refractivity contribution is 6.31. The summed E-state index contributed by atoms with van der Waals surface area (Å²) in [6, 6.07) is 19.1. The maximum absolute atomic E-state index is 6.14. The predicted molar refractivity (Wildman–Crippen MR) is 99.8 cm³/mol. The molecule has 0 saturated heterocycles. The Labute approximate surface area is 150 Å². The minimum atomic E-state index is 0.585. The van der Waals surface area contributed by atoms with Gasteiger partial charge in [0, 0.05) is 22.2 Å². The Kier molecular flexibility index (Phi) is 4.04. The normalized spacial score (nSPS) is 10.8. The molecule has 2 heterocycles. The predicted octanol–water partition coefficient (Wildman–Crippen LogP) is 5.02. The highest BCUT2D eigenvalue weighted by Crippen LogP contribution is 2.32. The van der Waals surface area contributed by atoms with E-state index in [-0.39, 0.29) is 0 Å². The Hall–Kier alpha value is -2.98. The largest absolute Gasteiger partial charge is 0.496 e. The molecule has 0 atom stereocenters. The average molecular weight is 348 g/mol. The lowest BCUT2D eigenvalue weighted by molar-refractivity contribution is 0.416. The number of ether oxygens (including phenoxy) is 1. The van der Waals surface area contributed by atoms with Crippen LogP contribution in [0, 0.1) is 0 Å². The molecule has 0 radical (unpaired) electrons. The van der Waals surface area contributed by atoms with Crippen LogP contribution in [0.5, 0.6) is 5.75 Å². The van der Waals surface area contributed by atoms with Gasteiger partial charge in [-0.3, -0.25) is 0 Å². The van der Waals surface area contributed by atoms with Crippen LogP contribution in [0.4, 0.5) is 0 Å². The summed E-state index contributed by atoms with van der Waals surface area (Å²) >= 11 is 6.14. The van der Waals surface area contributed by atoms with Gasteiger partial charge in [0.15, 0.2) is 5.82 Å². The monoisotopic (exact) mass is 347 g/mol. The quantitative estimate of drug-likeness (QED) is 0.522. The SMILES string of the molecule is COc1ccc(Cl)cc1-c1cccc(-c2ncc3ccccc3n2)n1. The Morgan fingerprint density at radius 2 is 1.72 bits per heavy atom. The zero-order valence-corrected chi connectivity index (χ0v) is 14.2. The van der Waals surface area contributed by atoms with Crippen LogP contribution in [0.25, 0.3) is 33.7 Å². The van der Waals surface area contributed by atoms with Gasteiger partial charge in [-0.25, -0.2) is 15.0 Å². The highest BCUT2D eigenvalue weighted by Gasteiger charge is 2.11. The molecule has 5 heteroatoms. The molecule has 0 aliphatic heterocycles. The molecular formula is C20H14ClN3O. The van der Waals surface area contributed by atoms with Crippen molar-refractivity contribution < 1.29 is 4.74 Å². The summed E-state index contributed by atoms with van der Waals surface area (Å²) in [4.78, 5) is 13.8. The zero-order valence-electron chi connectivity index (χ0n) is 13.5. The van der Waals surface area contributed by atoms with Gasteiger partial charge in [-0.1, -0.05) is 35.9 Å².